The summed E-state index contributed by atoms with van der Waals surface area (Å²) in [5.74, 6) is 0.109. The predicted molar refractivity (Wildman–Crippen MR) is 100 cm³/mol. The number of aliphatic carboxylic acids is 1. The molecule has 8 nitrogen and oxygen atoms in total. The number of nitrogens with one attached hydrogen (secondary N) is 1. The van der Waals surface area contributed by atoms with Crippen molar-refractivity contribution in [3.8, 4) is 11.4 Å². The Morgan fingerprint density at radius 2 is 1.89 bits per heavy atom. The molecule has 0 bridgehead atoms. The van der Waals surface area contributed by atoms with Crippen LogP contribution in [0.15, 0.2) is 28.8 Å². The lowest BCUT2D eigenvalue weighted by Gasteiger charge is -2.24. The number of aromatic nitrogens is 2. The van der Waals surface area contributed by atoms with Crippen LogP contribution in [0.4, 0.5) is 0 Å². The summed E-state index contributed by atoms with van der Waals surface area (Å²) in [5, 5.41) is 16.0. The number of hydrogen-bond donors (Lipinski definition) is 2. The summed E-state index contributed by atoms with van der Waals surface area (Å²) in [4.78, 5) is 28.4. The molecule has 0 aliphatic heterocycles. The van der Waals surface area contributed by atoms with Gasteiger partial charge in [0.15, 0.2) is 0 Å². The molecule has 2 rings (SSSR count). The van der Waals surface area contributed by atoms with E-state index in [4.69, 9.17) is 4.52 Å². The monoisotopic (exact) mass is 374 g/mol. The number of hydrogen-bond acceptors (Lipinski definition) is 6. The zero-order valence-corrected chi connectivity index (χ0v) is 16.1. The number of carbonyl (C=O) groups is 2. The molecule has 1 unspecified atom stereocenters. The Labute approximate surface area is 158 Å². The minimum absolute atomic E-state index is 0.164. The first kappa shape index (κ1) is 20.6. The highest BCUT2D eigenvalue weighted by Crippen LogP contribution is 2.21. The summed E-state index contributed by atoms with van der Waals surface area (Å²) in [5.41, 5.74) is 2.06. The summed E-state index contributed by atoms with van der Waals surface area (Å²) in [6.07, 6.45) is 0. The van der Waals surface area contributed by atoms with Crippen LogP contribution in [0, 0.1) is 0 Å². The van der Waals surface area contributed by atoms with Crippen LogP contribution in [-0.4, -0.2) is 51.2 Å². The van der Waals surface area contributed by atoms with Crippen molar-refractivity contribution in [1.29, 1.82) is 0 Å². The third-order valence-corrected chi connectivity index (χ3v) is 4.32. The molecule has 1 heterocycles. The number of nitrogens with zero attached hydrogens (tertiary/aromatic N) is 3. The lowest BCUT2D eigenvalue weighted by Crippen LogP contribution is -2.42. The summed E-state index contributed by atoms with van der Waals surface area (Å²) in [7, 11) is 0. The molecule has 1 amide bonds. The number of carboxylic acid groups (broad SMARTS) is 1. The van der Waals surface area contributed by atoms with Crippen LogP contribution in [0.25, 0.3) is 11.4 Å². The van der Waals surface area contributed by atoms with E-state index >= 15 is 0 Å². The molecule has 27 heavy (non-hydrogen) atoms. The zero-order chi connectivity index (χ0) is 20.0. The van der Waals surface area contributed by atoms with Crippen molar-refractivity contribution in [2.75, 3.05) is 13.1 Å². The highest BCUT2D eigenvalue weighted by Gasteiger charge is 2.23. The third-order valence-electron chi connectivity index (χ3n) is 4.32. The minimum atomic E-state index is -0.957. The van der Waals surface area contributed by atoms with Crippen LogP contribution >= 0.6 is 0 Å². The van der Waals surface area contributed by atoms with Gasteiger partial charge in [-0.2, -0.15) is 4.98 Å². The maximum Gasteiger partial charge on any atom is 0.320 e. The molecule has 0 saturated heterocycles. The maximum atomic E-state index is 11.3. The average molecular weight is 374 g/mol. The summed E-state index contributed by atoms with van der Waals surface area (Å²) in [6, 6.07) is 7.20. The number of carboxylic acids is 1. The summed E-state index contributed by atoms with van der Waals surface area (Å²) >= 11 is 0. The van der Waals surface area contributed by atoms with Crippen molar-refractivity contribution in [2.24, 2.45) is 0 Å². The van der Waals surface area contributed by atoms with Crippen molar-refractivity contribution in [3.05, 3.63) is 35.7 Å². The standard InChI is InChI=1S/C19H26N4O4/c1-12(2)15-5-7-16(8-6-15)18-21-17(27-22-18)11-23(13(3)19(25)26)10-9-20-14(4)24/h5-8,12-13H,9-11H2,1-4H3,(H,20,24)(H,25,26). The predicted octanol–water partition coefficient (Wildman–Crippen LogP) is 2.27. The summed E-state index contributed by atoms with van der Waals surface area (Å²) < 4.78 is 5.30. The Balaban J connectivity index is 2.09. The molecule has 0 aliphatic rings. The van der Waals surface area contributed by atoms with Crippen molar-refractivity contribution in [3.63, 3.8) is 0 Å². The lowest BCUT2D eigenvalue weighted by atomic mass is 10.0. The van der Waals surface area contributed by atoms with Crippen molar-refractivity contribution >= 4 is 11.9 Å². The Kier molecular flexibility index (Phi) is 7.06. The van der Waals surface area contributed by atoms with Gasteiger partial charge in [0, 0.05) is 25.6 Å². The van der Waals surface area contributed by atoms with Crippen LogP contribution < -0.4 is 5.32 Å². The topological polar surface area (TPSA) is 109 Å². The average Bonchev–Trinajstić information content (AvgIpc) is 3.08. The highest BCUT2D eigenvalue weighted by atomic mass is 16.5. The van der Waals surface area contributed by atoms with Crippen LogP contribution in [0.1, 0.15) is 45.1 Å². The van der Waals surface area contributed by atoms with Gasteiger partial charge in [-0.25, -0.2) is 0 Å². The Morgan fingerprint density at radius 1 is 1.22 bits per heavy atom. The third kappa shape index (κ3) is 5.89. The first-order valence-corrected chi connectivity index (χ1v) is 8.92. The van der Waals surface area contributed by atoms with Gasteiger partial charge in [0.2, 0.25) is 17.6 Å². The molecule has 0 fully saturated rings. The number of amides is 1. The van der Waals surface area contributed by atoms with Crippen molar-refractivity contribution < 1.29 is 19.2 Å². The van der Waals surface area contributed by atoms with Gasteiger partial charge < -0.3 is 14.9 Å². The first-order chi connectivity index (χ1) is 12.8. The fourth-order valence-electron chi connectivity index (χ4n) is 2.57. The normalized spacial score (nSPS) is 12.4. The lowest BCUT2D eigenvalue weighted by molar-refractivity contribution is -0.142. The highest BCUT2D eigenvalue weighted by molar-refractivity contribution is 5.73. The molecular weight excluding hydrogens is 348 g/mol. The Bertz CT molecular complexity index is 770. The second-order valence-electron chi connectivity index (χ2n) is 6.76. The van der Waals surface area contributed by atoms with Gasteiger partial charge in [0.25, 0.3) is 0 Å². The molecule has 1 aromatic heterocycles. The van der Waals surface area contributed by atoms with Crippen LogP contribution in [0.3, 0.4) is 0 Å². The van der Waals surface area contributed by atoms with Crippen LogP contribution in [0.2, 0.25) is 0 Å². The number of rotatable bonds is 9. The van der Waals surface area contributed by atoms with Crippen molar-refractivity contribution in [1.82, 2.24) is 20.4 Å². The van der Waals surface area contributed by atoms with Gasteiger partial charge in [0.05, 0.1) is 6.54 Å². The van der Waals surface area contributed by atoms with E-state index in [0.29, 0.717) is 30.7 Å². The molecule has 0 radical (unpaired) electrons. The molecule has 1 atom stereocenters. The second kappa shape index (κ2) is 9.27. The van der Waals surface area contributed by atoms with Gasteiger partial charge in [-0.15, -0.1) is 0 Å². The van der Waals surface area contributed by atoms with Gasteiger partial charge in [-0.05, 0) is 18.4 Å². The Hall–Kier alpha value is -2.74. The molecular formula is C19H26N4O4. The fourth-order valence-corrected chi connectivity index (χ4v) is 2.57. The zero-order valence-electron chi connectivity index (χ0n) is 16.1. The molecule has 0 saturated carbocycles. The minimum Gasteiger partial charge on any atom is -0.480 e. The quantitative estimate of drug-likeness (QED) is 0.693. The second-order valence-corrected chi connectivity index (χ2v) is 6.76. The molecule has 8 heteroatoms. The van der Waals surface area contributed by atoms with Gasteiger partial charge >= 0.3 is 5.97 Å². The van der Waals surface area contributed by atoms with Gasteiger partial charge in [0.1, 0.15) is 6.04 Å². The van der Waals surface area contributed by atoms with Crippen molar-refractivity contribution in [2.45, 2.75) is 46.2 Å². The number of carbonyl (C=O) groups excluding carboxylic acids is 1. The fraction of sp³-hybridized carbons (Fsp3) is 0.474. The first-order valence-electron chi connectivity index (χ1n) is 8.92. The van der Waals surface area contributed by atoms with E-state index in [2.05, 4.69) is 29.3 Å². The molecule has 0 aliphatic carbocycles. The SMILES string of the molecule is CC(=O)NCCN(Cc1nc(-c2ccc(C(C)C)cc2)no1)C(C)C(=O)O. The number of benzene rings is 1. The van der Waals surface area contributed by atoms with E-state index in [1.165, 1.54) is 12.5 Å². The molecule has 2 N–H and O–H groups in total. The summed E-state index contributed by atoms with van der Waals surface area (Å²) in [6.45, 7) is 8.13. The van der Waals surface area contributed by atoms with Crippen LogP contribution in [0.5, 0.6) is 0 Å². The van der Waals surface area contributed by atoms with Gasteiger partial charge in [-0.3, -0.25) is 14.5 Å². The van der Waals surface area contributed by atoms with E-state index in [1.54, 1.807) is 11.8 Å². The Morgan fingerprint density at radius 3 is 2.44 bits per heavy atom. The van der Waals surface area contributed by atoms with E-state index in [-0.39, 0.29) is 12.5 Å². The maximum absolute atomic E-state index is 11.3. The largest absolute Gasteiger partial charge is 0.480 e. The van der Waals surface area contributed by atoms with E-state index in [0.717, 1.165) is 5.56 Å². The molecule has 146 valence electrons. The molecule has 0 spiro atoms. The van der Waals surface area contributed by atoms with E-state index < -0.39 is 12.0 Å². The van der Waals surface area contributed by atoms with Gasteiger partial charge in [-0.1, -0.05) is 43.3 Å². The molecule has 1 aromatic carbocycles. The van der Waals surface area contributed by atoms with Crippen LogP contribution in [-0.2, 0) is 16.1 Å². The van der Waals surface area contributed by atoms with E-state index in [9.17, 15) is 14.7 Å². The smallest absolute Gasteiger partial charge is 0.320 e. The van der Waals surface area contributed by atoms with E-state index in [1.807, 2.05) is 24.3 Å². The molecule has 2 aromatic rings.